The fourth-order valence-electron chi connectivity index (χ4n) is 6.87. The molecule has 0 aliphatic heterocycles. The molecule has 0 radical (unpaired) electrons. The van der Waals surface area contributed by atoms with Crippen LogP contribution in [0.4, 0.5) is 0 Å². The number of hydrogen-bond donors (Lipinski definition) is 12. The van der Waals surface area contributed by atoms with Crippen molar-refractivity contribution in [3.63, 3.8) is 0 Å². The number of ether oxygens (including phenoxy) is 6. The Hall–Kier alpha value is -8.96. The van der Waals surface area contributed by atoms with Crippen molar-refractivity contribution in [2.75, 3.05) is 39.6 Å². The van der Waals surface area contributed by atoms with E-state index in [9.17, 15) is 28.8 Å². The molecular formula is C56H74N12O12. The van der Waals surface area contributed by atoms with Crippen LogP contribution in [0.1, 0.15) is 153 Å². The molecule has 18 N–H and O–H groups in total. The molecule has 0 aliphatic rings. The van der Waals surface area contributed by atoms with Gasteiger partial charge in [0.1, 0.15) is 34.5 Å². The topological polar surface area (TPSA) is 386 Å². The number of amides is 6. The quantitative estimate of drug-likeness (QED) is 0.0166. The minimum Gasteiger partial charge on any atom is -0.493 e. The summed E-state index contributed by atoms with van der Waals surface area (Å²) in [7, 11) is 0. The molecular weight excluding hydrogens is 1030 g/mol. The van der Waals surface area contributed by atoms with Crippen LogP contribution in [0.15, 0.2) is 84.9 Å². The summed E-state index contributed by atoms with van der Waals surface area (Å²) in [5.41, 5.74) is 17.2. The molecule has 5 aromatic rings. The maximum absolute atomic E-state index is 12.0. The van der Waals surface area contributed by atoms with Crippen LogP contribution in [0, 0.1) is 11.8 Å². The van der Waals surface area contributed by atoms with E-state index in [1.807, 2.05) is 52.4 Å². The van der Waals surface area contributed by atoms with Crippen molar-refractivity contribution in [1.29, 1.82) is 0 Å². The number of nitrogens with one attached hydrogen (secondary N) is 6. The number of nitrogens with two attached hydrogens (primary N) is 6. The lowest BCUT2D eigenvalue weighted by atomic mass is 10.0. The molecule has 24 nitrogen and oxygen atoms in total. The molecule has 0 saturated carbocycles. The van der Waals surface area contributed by atoms with Gasteiger partial charge in [-0.3, -0.25) is 61.3 Å². The van der Waals surface area contributed by atoms with Gasteiger partial charge in [0.15, 0.2) is 0 Å². The first-order valence-corrected chi connectivity index (χ1v) is 25.8. The number of rotatable bonds is 25. The Morgan fingerprint density at radius 3 is 0.762 bits per heavy atom. The Balaban J connectivity index is 0.000000319. The van der Waals surface area contributed by atoms with Crippen molar-refractivity contribution in [2.45, 2.75) is 80.1 Å². The lowest BCUT2D eigenvalue weighted by Gasteiger charge is -2.16. The highest BCUT2D eigenvalue weighted by Crippen LogP contribution is 2.33. The first-order chi connectivity index (χ1) is 38.7. The molecule has 80 heavy (non-hydrogen) atoms. The molecule has 0 aliphatic carbocycles. The van der Waals surface area contributed by atoms with Crippen molar-refractivity contribution in [3.05, 3.63) is 129 Å². The molecule has 5 aromatic carbocycles. The standard InChI is InChI=1S/C22H26N4O4.C20H26N4O4.C14H22N4O4/c1-3-11-29-19-13-15(7-9-17(19)21(27)25-23)5-6-16-8-10-18(22(28)26-24)20(14-16)30-12-4-2;1-3-9-27-17-11-13(5-7-15(17)19(25)23-21)14-6-8-16(20(26)24-22)18(12-14)28-10-4-2;1-3-5-21-11-7-10(14(20)18-16)12(22-6-4-2)8-9(11)13(19)17-15/h7-10,13-14H,3-4,11-12,23-24H2,1-2H3,(H,25,27)(H,26,28);5-8,11-12H,3-4,9-10,21-22H2,1-2H3,(H,23,25)(H,24,26);7-8H,3-6,15-16H2,1-2H3,(H,17,19)(H,18,20). The van der Waals surface area contributed by atoms with E-state index in [-0.39, 0.29) is 22.6 Å². The van der Waals surface area contributed by atoms with Gasteiger partial charge in [-0.05, 0) is 122 Å². The number of carbonyl (C=O) groups excluding carboxylic acids is 6. The Morgan fingerprint density at radius 2 is 0.525 bits per heavy atom. The number of carbonyl (C=O) groups is 6. The zero-order valence-electron chi connectivity index (χ0n) is 45.9. The molecule has 0 unspecified atom stereocenters. The van der Waals surface area contributed by atoms with Gasteiger partial charge in [-0.1, -0.05) is 65.5 Å². The minimum atomic E-state index is -0.535. The predicted octanol–water partition coefficient (Wildman–Crippen LogP) is 4.48. The maximum Gasteiger partial charge on any atom is 0.269 e. The van der Waals surface area contributed by atoms with Crippen molar-refractivity contribution in [1.82, 2.24) is 32.6 Å². The Kier molecular flexibility index (Phi) is 28.9. The van der Waals surface area contributed by atoms with Crippen LogP contribution < -0.4 is 96.0 Å². The summed E-state index contributed by atoms with van der Waals surface area (Å²) in [4.78, 5) is 71.5. The second-order valence-corrected chi connectivity index (χ2v) is 16.9. The highest BCUT2D eigenvalue weighted by molar-refractivity contribution is 6.02. The monoisotopic (exact) mass is 1110 g/mol. The summed E-state index contributed by atoms with van der Waals surface area (Å²) in [5, 5.41) is 0. The van der Waals surface area contributed by atoms with Crippen LogP contribution in [0.5, 0.6) is 34.5 Å². The molecule has 430 valence electrons. The van der Waals surface area contributed by atoms with Crippen molar-refractivity contribution >= 4 is 35.4 Å². The number of hydrogen-bond acceptors (Lipinski definition) is 18. The zero-order chi connectivity index (χ0) is 59.0. The summed E-state index contributed by atoms with van der Waals surface area (Å²) in [6, 6.07) is 23.3. The molecule has 0 bridgehead atoms. The van der Waals surface area contributed by atoms with Gasteiger partial charge in [0.25, 0.3) is 35.4 Å². The van der Waals surface area contributed by atoms with Crippen molar-refractivity contribution < 1.29 is 57.2 Å². The van der Waals surface area contributed by atoms with E-state index < -0.39 is 35.4 Å². The summed E-state index contributed by atoms with van der Waals surface area (Å²) in [6.07, 6.45) is 4.68. The van der Waals surface area contributed by atoms with Gasteiger partial charge < -0.3 is 28.4 Å². The van der Waals surface area contributed by atoms with E-state index in [4.69, 9.17) is 63.5 Å². The third-order valence-electron chi connectivity index (χ3n) is 10.7. The summed E-state index contributed by atoms with van der Waals surface area (Å²) in [5.74, 6) is 36.8. The molecule has 0 spiro atoms. The third kappa shape index (κ3) is 19.5. The smallest absolute Gasteiger partial charge is 0.269 e. The molecule has 6 amide bonds. The summed E-state index contributed by atoms with van der Waals surface area (Å²) >= 11 is 0. The van der Waals surface area contributed by atoms with Crippen LogP contribution in [0.25, 0.3) is 11.1 Å². The SMILES string of the molecule is CCCOc1cc(-c2ccc(C(=O)NN)c(OCCC)c2)ccc1C(=O)NN.CCCOc1cc(C#Cc2ccc(C(=O)NN)c(OCCC)c2)ccc1C(=O)NN.CCCOc1cc(C(=O)NN)c(OCCC)cc1C(=O)NN. The normalized spacial score (nSPS) is 10.1. The second-order valence-electron chi connectivity index (χ2n) is 16.9. The minimum absolute atomic E-state index is 0.190. The van der Waals surface area contributed by atoms with E-state index in [0.29, 0.717) is 96.0 Å². The average Bonchev–Trinajstić information content (AvgIpc) is 3.56. The highest BCUT2D eigenvalue weighted by Gasteiger charge is 2.22. The number of benzene rings is 5. The largest absolute Gasteiger partial charge is 0.493 e. The van der Waals surface area contributed by atoms with E-state index in [1.54, 1.807) is 72.8 Å². The lowest BCUT2D eigenvalue weighted by molar-refractivity contribution is 0.0934. The third-order valence-corrected chi connectivity index (χ3v) is 10.7. The van der Waals surface area contributed by atoms with E-state index in [0.717, 1.165) is 49.7 Å². The van der Waals surface area contributed by atoms with E-state index in [2.05, 4.69) is 33.5 Å². The molecule has 0 fully saturated rings. The van der Waals surface area contributed by atoms with Crippen LogP contribution in [0.3, 0.4) is 0 Å². The zero-order valence-corrected chi connectivity index (χ0v) is 45.9. The van der Waals surface area contributed by atoms with Gasteiger partial charge in [-0.2, -0.15) is 0 Å². The van der Waals surface area contributed by atoms with Gasteiger partial charge in [-0.15, -0.1) is 0 Å². The van der Waals surface area contributed by atoms with Gasteiger partial charge >= 0.3 is 0 Å². The Labute approximate surface area is 465 Å². The maximum atomic E-state index is 12.0. The lowest BCUT2D eigenvalue weighted by Crippen LogP contribution is -2.32. The van der Waals surface area contributed by atoms with Crippen LogP contribution >= 0.6 is 0 Å². The fraction of sp³-hybridized carbons (Fsp3) is 0.321. The molecule has 0 atom stereocenters. The van der Waals surface area contributed by atoms with Crippen LogP contribution in [-0.2, 0) is 0 Å². The van der Waals surface area contributed by atoms with Gasteiger partial charge in [0, 0.05) is 11.1 Å². The van der Waals surface area contributed by atoms with E-state index >= 15 is 0 Å². The molecule has 0 heterocycles. The molecule has 0 aromatic heterocycles. The van der Waals surface area contributed by atoms with Gasteiger partial charge in [-0.25, -0.2) is 35.1 Å². The molecule has 0 saturated heterocycles. The van der Waals surface area contributed by atoms with Gasteiger partial charge in [0.2, 0.25) is 0 Å². The molecule has 5 rings (SSSR count). The van der Waals surface area contributed by atoms with Crippen molar-refractivity contribution in [2.24, 2.45) is 35.1 Å². The first kappa shape index (κ1) is 65.3. The van der Waals surface area contributed by atoms with E-state index in [1.165, 1.54) is 12.1 Å². The Morgan fingerprint density at radius 1 is 0.312 bits per heavy atom. The van der Waals surface area contributed by atoms with Crippen LogP contribution in [-0.4, -0.2) is 75.1 Å². The second kappa shape index (κ2) is 35.5. The van der Waals surface area contributed by atoms with Gasteiger partial charge in [0.05, 0.1) is 73.0 Å². The van der Waals surface area contributed by atoms with Crippen LogP contribution in [0.2, 0.25) is 0 Å². The van der Waals surface area contributed by atoms with Crippen molar-refractivity contribution in [3.8, 4) is 57.5 Å². The number of hydrazine groups is 6. The Bertz CT molecular complexity index is 2750. The average molecular weight is 1110 g/mol. The summed E-state index contributed by atoms with van der Waals surface area (Å²) in [6.45, 7) is 14.4. The number of nitrogen functional groups attached to an aromatic ring is 6. The summed E-state index contributed by atoms with van der Waals surface area (Å²) < 4.78 is 33.8. The highest BCUT2D eigenvalue weighted by atomic mass is 16.5. The molecule has 24 heteroatoms. The fourth-order valence-corrected chi connectivity index (χ4v) is 6.87. The first-order valence-electron chi connectivity index (χ1n) is 25.8. The predicted molar refractivity (Wildman–Crippen MR) is 302 cm³/mol.